The van der Waals surface area contributed by atoms with Crippen LogP contribution in [0, 0.1) is 0 Å². The van der Waals surface area contributed by atoms with Crippen molar-refractivity contribution in [2.45, 2.75) is 0 Å². The van der Waals surface area contributed by atoms with E-state index in [0.29, 0.717) is 0 Å². The number of hydrogen-bond acceptors (Lipinski definition) is 1. The van der Waals surface area contributed by atoms with E-state index in [1.165, 1.54) is 32.3 Å². The first-order valence-corrected chi connectivity index (χ1v) is 7.51. The Kier molecular flexibility index (Phi) is 1.60. The van der Waals surface area contributed by atoms with E-state index in [0.717, 1.165) is 21.5 Å². The van der Waals surface area contributed by atoms with Crippen LogP contribution >= 0.6 is 0 Å². The summed E-state index contributed by atoms with van der Waals surface area (Å²) in [4.78, 5) is 12.8. The second kappa shape index (κ2) is 3.28. The Bertz CT molecular complexity index is 1270. The van der Waals surface area contributed by atoms with E-state index in [2.05, 4.69) is 48.5 Å². The van der Waals surface area contributed by atoms with Crippen LogP contribution in [0.5, 0.6) is 0 Å². The molecule has 6 aromatic rings. The second-order valence-corrected chi connectivity index (χ2v) is 6.11. The lowest BCUT2D eigenvalue weighted by Gasteiger charge is -2.12. The summed E-state index contributed by atoms with van der Waals surface area (Å²) in [6, 6.07) is 21.0. The Morgan fingerprint density at radius 1 is 0.455 bits per heavy atom. The molecular weight excluding hydrogens is 268 g/mol. The third-order valence-electron chi connectivity index (χ3n) is 5.12. The van der Waals surface area contributed by atoms with E-state index in [1.807, 2.05) is 12.1 Å². The number of fused-ring (bicyclic) bond motifs is 1. The van der Waals surface area contributed by atoms with Crippen molar-refractivity contribution in [1.82, 2.24) is 0 Å². The molecule has 0 unspecified atom stereocenters. The quantitative estimate of drug-likeness (QED) is 0.278. The lowest BCUT2D eigenvalue weighted by Crippen LogP contribution is -1.92. The van der Waals surface area contributed by atoms with Crippen LogP contribution in [0.25, 0.3) is 53.9 Å². The van der Waals surface area contributed by atoms with Crippen molar-refractivity contribution in [3.63, 3.8) is 0 Å². The van der Waals surface area contributed by atoms with Crippen LogP contribution in [0.15, 0.2) is 65.5 Å². The van der Waals surface area contributed by atoms with Crippen molar-refractivity contribution < 1.29 is 0 Å². The van der Waals surface area contributed by atoms with E-state index in [9.17, 15) is 4.79 Å². The van der Waals surface area contributed by atoms with Gasteiger partial charge in [-0.25, -0.2) is 0 Å². The second-order valence-electron chi connectivity index (χ2n) is 6.11. The van der Waals surface area contributed by atoms with Crippen LogP contribution in [0.2, 0.25) is 0 Å². The highest BCUT2D eigenvalue weighted by Crippen LogP contribution is 2.44. The van der Waals surface area contributed by atoms with Crippen molar-refractivity contribution in [2.75, 3.05) is 0 Å². The molecule has 6 aromatic carbocycles. The summed E-state index contributed by atoms with van der Waals surface area (Å²) in [5.74, 6) is 0. The van der Waals surface area contributed by atoms with Gasteiger partial charge in [-0.15, -0.1) is 0 Å². The first kappa shape index (κ1) is 10.7. The summed E-state index contributed by atoms with van der Waals surface area (Å²) in [6.07, 6.45) is 0. The van der Waals surface area contributed by atoms with Crippen molar-refractivity contribution in [3.05, 3.63) is 70.9 Å². The van der Waals surface area contributed by atoms with Gasteiger partial charge in [-0.3, -0.25) is 4.79 Å². The molecule has 0 fully saturated rings. The lowest BCUT2D eigenvalue weighted by atomic mass is 9.90. The minimum absolute atomic E-state index is 0.167. The van der Waals surface area contributed by atoms with Crippen LogP contribution in [0.4, 0.5) is 0 Å². The van der Waals surface area contributed by atoms with Gasteiger partial charge < -0.3 is 0 Å². The van der Waals surface area contributed by atoms with Gasteiger partial charge in [0.05, 0.1) is 0 Å². The predicted octanol–water partition coefficient (Wildman–Crippen LogP) is 5.13. The normalized spacial score (nSPS) is 12.7. The average Bonchev–Trinajstić information content (AvgIpc) is 2.87. The van der Waals surface area contributed by atoms with Crippen LogP contribution in [-0.4, -0.2) is 0 Å². The molecule has 1 nitrogen and oxygen atoms in total. The summed E-state index contributed by atoms with van der Waals surface area (Å²) in [5.41, 5.74) is 0.167. The maximum Gasteiger partial charge on any atom is 0.194 e. The molecule has 22 heavy (non-hydrogen) atoms. The number of benzene rings is 5. The molecule has 0 radical (unpaired) electrons. The van der Waals surface area contributed by atoms with E-state index in [-0.39, 0.29) is 5.43 Å². The zero-order valence-corrected chi connectivity index (χ0v) is 11.7. The molecule has 1 heteroatoms. The third-order valence-corrected chi connectivity index (χ3v) is 5.12. The largest absolute Gasteiger partial charge is 0.289 e. The first-order chi connectivity index (χ1) is 10.8. The molecule has 0 saturated carbocycles. The fraction of sp³-hybridized carbons (Fsp3) is 0. The Morgan fingerprint density at radius 3 is 1.45 bits per heavy atom. The molecule has 0 amide bonds. The Morgan fingerprint density at radius 2 is 0.955 bits per heavy atom. The zero-order valence-electron chi connectivity index (χ0n) is 11.7. The van der Waals surface area contributed by atoms with Crippen LogP contribution in [-0.2, 0) is 0 Å². The highest BCUT2D eigenvalue weighted by Gasteiger charge is 2.20. The number of hydrogen-bond donors (Lipinski definition) is 0. The number of rotatable bonds is 0. The molecule has 100 valence electrons. The Labute approximate surface area is 125 Å². The fourth-order valence-electron chi connectivity index (χ4n) is 4.25. The third kappa shape index (κ3) is 0.980. The zero-order chi connectivity index (χ0) is 14.4. The summed E-state index contributed by atoms with van der Waals surface area (Å²) >= 11 is 0. The summed E-state index contributed by atoms with van der Waals surface area (Å²) in [6.45, 7) is 0. The van der Waals surface area contributed by atoms with Crippen LogP contribution < -0.4 is 5.43 Å². The molecule has 0 aliphatic heterocycles. The molecule has 0 bridgehead atoms. The summed E-state index contributed by atoms with van der Waals surface area (Å²) < 4.78 is 0. The summed E-state index contributed by atoms with van der Waals surface area (Å²) in [7, 11) is 0. The maximum atomic E-state index is 12.8. The average molecular weight is 278 g/mol. The minimum atomic E-state index is 0.167. The molecule has 0 saturated heterocycles. The van der Waals surface area contributed by atoms with Gasteiger partial charge in [-0.1, -0.05) is 48.5 Å². The van der Waals surface area contributed by atoms with Crippen molar-refractivity contribution in [2.24, 2.45) is 0 Å². The Balaban J connectivity index is 2.26. The highest BCUT2D eigenvalue weighted by molar-refractivity contribution is 6.40. The van der Waals surface area contributed by atoms with Crippen LogP contribution in [0.3, 0.4) is 0 Å². The van der Waals surface area contributed by atoms with E-state index in [1.54, 1.807) is 0 Å². The molecule has 0 N–H and O–H groups in total. The van der Waals surface area contributed by atoms with Crippen LogP contribution in [0.1, 0.15) is 0 Å². The van der Waals surface area contributed by atoms with E-state index >= 15 is 0 Å². The first-order valence-electron chi connectivity index (χ1n) is 7.51. The fourth-order valence-corrected chi connectivity index (χ4v) is 4.25. The van der Waals surface area contributed by atoms with Crippen molar-refractivity contribution >= 4 is 53.9 Å². The van der Waals surface area contributed by atoms with Crippen molar-refractivity contribution in [1.29, 1.82) is 0 Å². The Hall–Kier alpha value is -2.93. The molecule has 0 aromatic heterocycles. The standard InChI is InChI=1S/C21H10O/c22-21-15-9-7-11-3-1-5-13-14-6-2-4-12-8-10-16(21)20(18(12)14)19(15)17(11)13/h1-10H. The molecule has 0 heterocycles. The molecule has 0 aliphatic rings. The van der Waals surface area contributed by atoms with Gasteiger partial charge in [0, 0.05) is 21.5 Å². The monoisotopic (exact) mass is 278 g/mol. The van der Waals surface area contributed by atoms with E-state index in [4.69, 9.17) is 0 Å². The highest BCUT2D eigenvalue weighted by atomic mass is 16.1. The van der Waals surface area contributed by atoms with Gasteiger partial charge in [0.15, 0.2) is 5.43 Å². The van der Waals surface area contributed by atoms with E-state index < -0.39 is 0 Å². The van der Waals surface area contributed by atoms with Gasteiger partial charge in [-0.2, -0.15) is 0 Å². The summed E-state index contributed by atoms with van der Waals surface area (Å²) in [5, 5.41) is 11.4. The molecular formula is C21H10O. The van der Waals surface area contributed by atoms with Gasteiger partial charge in [0.1, 0.15) is 0 Å². The molecule has 0 aliphatic carbocycles. The van der Waals surface area contributed by atoms with Gasteiger partial charge in [0.2, 0.25) is 0 Å². The smallest absolute Gasteiger partial charge is 0.194 e. The molecule has 0 spiro atoms. The lowest BCUT2D eigenvalue weighted by molar-refractivity contribution is 1.83. The maximum absolute atomic E-state index is 12.8. The minimum Gasteiger partial charge on any atom is -0.289 e. The topological polar surface area (TPSA) is 17.1 Å². The van der Waals surface area contributed by atoms with Gasteiger partial charge >= 0.3 is 0 Å². The molecule has 6 rings (SSSR count). The predicted molar refractivity (Wildman–Crippen MR) is 93.8 cm³/mol. The van der Waals surface area contributed by atoms with Gasteiger partial charge in [0.25, 0.3) is 0 Å². The molecule has 0 atom stereocenters. The SMILES string of the molecule is O=c1c2ccc3cccc4c5cccc6ccc1c(c65)c2c34. The van der Waals surface area contributed by atoms with Gasteiger partial charge in [-0.05, 0) is 44.5 Å². The van der Waals surface area contributed by atoms with Crippen molar-refractivity contribution in [3.8, 4) is 0 Å².